The highest BCUT2D eigenvalue weighted by molar-refractivity contribution is 6.09. The number of anilines is 4. The molecule has 2 aromatic heterocycles. The van der Waals surface area contributed by atoms with Gasteiger partial charge in [0.15, 0.2) is 0 Å². The summed E-state index contributed by atoms with van der Waals surface area (Å²) < 4.78 is 90.4. The first-order valence-corrected chi connectivity index (χ1v) is 25.1. The summed E-state index contributed by atoms with van der Waals surface area (Å²) in [5.41, 5.74) is 9.77. The largest absolute Gasteiger partial charge is 0.457 e. The van der Waals surface area contributed by atoms with E-state index in [1.165, 1.54) is 0 Å². The summed E-state index contributed by atoms with van der Waals surface area (Å²) in [6.07, 6.45) is -1.99. The van der Waals surface area contributed by atoms with Crippen LogP contribution in [-0.2, 0) is 18.2 Å². The molecule has 73 heavy (non-hydrogen) atoms. The van der Waals surface area contributed by atoms with Crippen molar-refractivity contribution in [1.82, 2.24) is 9.55 Å². The highest BCUT2D eigenvalue weighted by Gasteiger charge is 2.33. The van der Waals surface area contributed by atoms with Gasteiger partial charge in [0, 0.05) is 57.0 Å². The number of rotatable bonds is 4. The van der Waals surface area contributed by atoms with E-state index in [2.05, 4.69) is 60.9 Å². The molecule has 0 radical (unpaired) electrons. The molecule has 0 amide bonds. The minimum atomic E-state index is -1.95. The Hall–Kier alpha value is -8.09. The number of hydrogen-bond acceptors (Lipinski definition) is 5. The third kappa shape index (κ3) is 8.79. The van der Waals surface area contributed by atoms with E-state index in [0.29, 0.717) is 68.2 Å². The van der Waals surface area contributed by atoms with Gasteiger partial charge < -0.3 is 19.3 Å². The lowest BCUT2D eigenvalue weighted by Crippen LogP contribution is -2.25. The average molecular weight is 963 g/mol. The maximum absolute atomic E-state index is 9.79. The molecular weight excluding hydrogens is 893 g/mol. The van der Waals surface area contributed by atoms with Crippen LogP contribution < -0.4 is 19.3 Å². The highest BCUT2D eigenvalue weighted by atomic mass is 16.5. The number of nitrogens with zero attached hydrogens (tertiary/aromatic N) is 4. The first kappa shape index (κ1) is 37.7. The molecule has 0 aliphatic carbocycles. The Kier molecular flexibility index (Phi) is 9.23. The van der Waals surface area contributed by atoms with Crippen LogP contribution in [0.2, 0.25) is 0 Å². The van der Waals surface area contributed by atoms with E-state index in [1.54, 1.807) is 16.8 Å². The van der Waals surface area contributed by atoms with Gasteiger partial charge in [0.2, 0.25) is 0 Å². The molecule has 14 rings (SSSR count). The molecule has 0 saturated carbocycles. The van der Waals surface area contributed by atoms with Gasteiger partial charge in [-0.1, -0.05) is 140 Å². The monoisotopic (exact) mass is 963 g/mol. The highest BCUT2D eigenvalue weighted by Crippen LogP contribution is 2.52. The van der Waals surface area contributed by atoms with Crippen molar-refractivity contribution in [3.63, 3.8) is 0 Å². The molecule has 8 aromatic carbocycles. The summed E-state index contributed by atoms with van der Waals surface area (Å²) in [6.45, 7) is 16.3. The van der Waals surface area contributed by atoms with Crippen LogP contribution in [0.4, 0.5) is 22.7 Å². The molecule has 0 saturated heterocycles. The fourth-order valence-corrected chi connectivity index (χ4v) is 10.3. The summed E-state index contributed by atoms with van der Waals surface area (Å²) in [6, 6.07) is 50.2. The van der Waals surface area contributed by atoms with Crippen molar-refractivity contribution < 1.29 is 20.4 Å². The van der Waals surface area contributed by atoms with Crippen molar-refractivity contribution in [3.05, 3.63) is 205 Å². The Balaban J connectivity index is 1.15. The van der Waals surface area contributed by atoms with E-state index in [-0.39, 0.29) is 40.8 Å². The van der Waals surface area contributed by atoms with E-state index < -0.39 is 24.2 Å². The number of pyridine rings is 1. The van der Waals surface area contributed by atoms with Gasteiger partial charge in [0.05, 0.1) is 33.6 Å². The molecule has 0 atom stereocenters. The fourth-order valence-electron chi connectivity index (χ4n) is 10.3. The number of hydrogen-bond donors (Lipinski definition) is 0. The Morgan fingerprint density at radius 2 is 1.26 bits per heavy atom. The molecule has 12 bridgehead atoms. The SMILES string of the molecule is [2H]c1c([2H])c([2H])c2c(c1[2H])c1ccc3cc1n2-c1cc(C([2H])([2H])C(C)(C)C)c(cn1)-c1ccc(cc1)Oc1cccc(c1)-c1cc(C([2H])([2H])C(C)C)cc(-c2ccccc2)c1N1CN(c2cc(cc(C(C)(C)C)c2)O3)c2ccccc21. The first-order valence-electron chi connectivity index (χ1n) is 29.1. The molecule has 4 aliphatic rings. The topological polar surface area (TPSA) is 42.8 Å². The average Bonchev–Trinajstić information content (AvgIpc) is 4.21. The maximum atomic E-state index is 9.79. The normalized spacial score (nSPS) is 15.2. The van der Waals surface area contributed by atoms with Gasteiger partial charge in [-0.15, -0.1) is 0 Å². The van der Waals surface area contributed by atoms with E-state index in [0.717, 1.165) is 50.6 Å². The molecule has 6 heteroatoms. The van der Waals surface area contributed by atoms with Crippen molar-refractivity contribution >= 4 is 44.6 Å². The molecule has 362 valence electrons. The van der Waals surface area contributed by atoms with Crippen molar-refractivity contribution in [2.24, 2.45) is 11.3 Å². The van der Waals surface area contributed by atoms with Crippen molar-refractivity contribution in [3.8, 4) is 62.2 Å². The van der Waals surface area contributed by atoms with Gasteiger partial charge in [-0.2, -0.15) is 0 Å². The standard InChI is InChI=1S/C67H62N4O2/c1-43(2)31-44-32-57(45-17-10-9-11-18-45)65-58(33-44)47-19-16-20-52(34-47)72-51-27-25-46(26-28-51)59-41-68-64(35-48(59)40-66(3,4)5)71-60-22-13-12-21-55(60)56-30-29-53(39-63(56)71)73-54-37-49(67(6,7)8)36-50(38-54)69-42-70(65)62-24-15-14-23-61(62)69/h9-30,32-39,41,43H,31,40,42H2,1-8H3/i12D,13D,21D,22D,31D2,40D2. The number of aromatic nitrogens is 2. The van der Waals surface area contributed by atoms with Gasteiger partial charge >= 0.3 is 0 Å². The van der Waals surface area contributed by atoms with Gasteiger partial charge in [-0.25, -0.2) is 4.98 Å². The second-order valence-corrected chi connectivity index (χ2v) is 21.5. The van der Waals surface area contributed by atoms with E-state index in [1.807, 2.05) is 156 Å². The lowest BCUT2D eigenvalue weighted by atomic mass is 9.85. The summed E-state index contributed by atoms with van der Waals surface area (Å²) in [5.74, 6) is 2.04. The van der Waals surface area contributed by atoms with Crippen LogP contribution in [0.15, 0.2) is 188 Å². The van der Waals surface area contributed by atoms with Crippen LogP contribution in [0.3, 0.4) is 0 Å². The lowest BCUT2D eigenvalue weighted by molar-refractivity contribution is 0.411. The second kappa shape index (κ2) is 17.9. The van der Waals surface area contributed by atoms with Crippen LogP contribution in [0.1, 0.15) is 83.0 Å². The van der Waals surface area contributed by atoms with Gasteiger partial charge in [-0.05, 0) is 148 Å². The predicted molar refractivity (Wildman–Crippen MR) is 304 cm³/mol. The molecule has 6 heterocycles. The third-order valence-electron chi connectivity index (χ3n) is 13.5. The lowest BCUT2D eigenvalue weighted by Gasteiger charge is -2.29. The van der Waals surface area contributed by atoms with E-state index in [9.17, 15) is 8.22 Å². The Morgan fingerprint density at radius 1 is 0.589 bits per heavy atom. The van der Waals surface area contributed by atoms with E-state index in [4.69, 9.17) is 17.2 Å². The predicted octanol–water partition coefficient (Wildman–Crippen LogP) is 18.4. The minimum Gasteiger partial charge on any atom is -0.457 e. The minimum absolute atomic E-state index is 0.197. The van der Waals surface area contributed by atoms with Crippen LogP contribution >= 0.6 is 0 Å². The van der Waals surface area contributed by atoms with E-state index >= 15 is 0 Å². The Bertz CT molecular complexity index is 4160. The van der Waals surface area contributed by atoms with Gasteiger partial charge in [0.25, 0.3) is 0 Å². The quantitative estimate of drug-likeness (QED) is 0.176. The van der Waals surface area contributed by atoms with Gasteiger partial charge in [-0.3, -0.25) is 4.57 Å². The van der Waals surface area contributed by atoms with Crippen LogP contribution in [0.25, 0.3) is 61.0 Å². The summed E-state index contributed by atoms with van der Waals surface area (Å²) in [5, 5.41) is 0.860. The fraction of sp³-hybridized carbons (Fsp3) is 0.209. The molecule has 0 fully saturated rings. The molecular formula is C67H62N4O2. The van der Waals surface area contributed by atoms with Crippen molar-refractivity contribution in [2.45, 2.75) is 73.6 Å². The molecule has 0 unspecified atom stereocenters. The summed E-state index contributed by atoms with van der Waals surface area (Å²) >= 11 is 0. The zero-order chi connectivity index (χ0) is 57.2. The van der Waals surface area contributed by atoms with Crippen LogP contribution in [0, 0.1) is 11.3 Å². The number of para-hydroxylation sites is 3. The zero-order valence-electron chi connectivity index (χ0n) is 50.5. The number of ether oxygens (including phenoxy) is 2. The molecule has 0 N–H and O–H groups in total. The second-order valence-electron chi connectivity index (χ2n) is 21.5. The third-order valence-corrected chi connectivity index (χ3v) is 13.5. The number of benzene rings is 8. The summed E-state index contributed by atoms with van der Waals surface area (Å²) in [7, 11) is 0. The van der Waals surface area contributed by atoms with Crippen molar-refractivity contribution in [2.75, 3.05) is 16.5 Å². The zero-order valence-corrected chi connectivity index (χ0v) is 42.5. The van der Waals surface area contributed by atoms with Crippen LogP contribution in [-0.4, -0.2) is 16.2 Å². The Labute approximate surface area is 441 Å². The summed E-state index contributed by atoms with van der Waals surface area (Å²) in [4.78, 5) is 9.64. The molecule has 6 nitrogen and oxygen atoms in total. The first-order chi connectivity index (χ1) is 38.4. The molecule has 4 aliphatic heterocycles. The smallest absolute Gasteiger partial charge is 0.137 e. The van der Waals surface area contributed by atoms with Crippen molar-refractivity contribution in [1.29, 1.82) is 0 Å². The number of fused-ring (bicyclic) bond motifs is 5. The Morgan fingerprint density at radius 3 is 2.01 bits per heavy atom. The molecule has 0 spiro atoms. The van der Waals surface area contributed by atoms with Gasteiger partial charge in [0.1, 0.15) is 35.5 Å². The molecule has 10 aromatic rings. The van der Waals surface area contributed by atoms with Crippen LogP contribution in [0.5, 0.6) is 23.0 Å². The maximum Gasteiger partial charge on any atom is 0.137 e.